The Morgan fingerprint density at radius 1 is 1.39 bits per heavy atom. The second kappa shape index (κ2) is 5.50. The first-order valence-electron chi connectivity index (χ1n) is 6.23. The highest BCUT2D eigenvalue weighted by molar-refractivity contribution is 5.69. The molecule has 4 heteroatoms. The van der Waals surface area contributed by atoms with Crippen LogP contribution in [0.2, 0.25) is 0 Å². The van der Waals surface area contributed by atoms with Gasteiger partial charge in [-0.05, 0) is 19.4 Å². The van der Waals surface area contributed by atoms with Crippen molar-refractivity contribution >= 4 is 5.97 Å². The number of benzene rings is 1. The van der Waals surface area contributed by atoms with Crippen LogP contribution in [-0.4, -0.2) is 41.2 Å². The molecule has 1 aliphatic heterocycles. The Morgan fingerprint density at radius 2 is 2.06 bits per heavy atom. The standard InChI is InChI=1S/C14H19NO3/c1-10-9-18-14(12-6-4-3-5-7-12)11(2)15(10)8-13(16)17/h3-7,10-11,14H,8-9H2,1-2H3,(H,16,17). The van der Waals surface area contributed by atoms with Crippen molar-refractivity contribution in [2.75, 3.05) is 13.2 Å². The van der Waals surface area contributed by atoms with Crippen molar-refractivity contribution in [3.05, 3.63) is 35.9 Å². The molecule has 2 rings (SSSR count). The van der Waals surface area contributed by atoms with E-state index in [2.05, 4.69) is 0 Å². The van der Waals surface area contributed by atoms with Crippen LogP contribution in [-0.2, 0) is 9.53 Å². The molecule has 4 nitrogen and oxygen atoms in total. The minimum Gasteiger partial charge on any atom is -0.480 e. The van der Waals surface area contributed by atoms with Gasteiger partial charge in [-0.15, -0.1) is 0 Å². The number of hydrogen-bond donors (Lipinski definition) is 1. The van der Waals surface area contributed by atoms with Gasteiger partial charge in [-0.1, -0.05) is 30.3 Å². The van der Waals surface area contributed by atoms with Gasteiger partial charge in [-0.2, -0.15) is 0 Å². The van der Waals surface area contributed by atoms with Crippen LogP contribution in [0.5, 0.6) is 0 Å². The summed E-state index contributed by atoms with van der Waals surface area (Å²) in [6.07, 6.45) is -0.0539. The lowest BCUT2D eigenvalue weighted by molar-refractivity contribution is -0.146. The van der Waals surface area contributed by atoms with Gasteiger partial charge in [0.1, 0.15) is 0 Å². The van der Waals surface area contributed by atoms with Crippen LogP contribution in [0.25, 0.3) is 0 Å². The van der Waals surface area contributed by atoms with Crippen LogP contribution < -0.4 is 0 Å². The average Bonchev–Trinajstić information content (AvgIpc) is 2.35. The third-order valence-corrected chi connectivity index (χ3v) is 3.49. The van der Waals surface area contributed by atoms with Gasteiger partial charge in [0.25, 0.3) is 0 Å². The lowest BCUT2D eigenvalue weighted by atomic mass is 9.98. The van der Waals surface area contributed by atoms with Crippen LogP contribution in [0.4, 0.5) is 0 Å². The molecule has 0 saturated carbocycles. The molecule has 0 aliphatic carbocycles. The van der Waals surface area contributed by atoms with E-state index in [-0.39, 0.29) is 24.7 Å². The molecule has 1 aliphatic rings. The van der Waals surface area contributed by atoms with Crippen molar-refractivity contribution in [3.8, 4) is 0 Å². The maximum absolute atomic E-state index is 10.9. The molecule has 1 N–H and O–H groups in total. The fraction of sp³-hybridized carbons (Fsp3) is 0.500. The van der Waals surface area contributed by atoms with Crippen LogP contribution >= 0.6 is 0 Å². The van der Waals surface area contributed by atoms with Crippen molar-refractivity contribution in [3.63, 3.8) is 0 Å². The molecule has 1 aromatic carbocycles. The Balaban J connectivity index is 2.17. The summed E-state index contributed by atoms with van der Waals surface area (Å²) in [6.45, 7) is 4.66. The molecule has 1 heterocycles. The molecule has 3 atom stereocenters. The number of rotatable bonds is 3. The highest BCUT2D eigenvalue weighted by Gasteiger charge is 2.34. The molecule has 0 spiro atoms. The number of hydrogen-bond acceptors (Lipinski definition) is 3. The molecule has 0 bridgehead atoms. The lowest BCUT2D eigenvalue weighted by Crippen LogP contribution is -2.52. The maximum Gasteiger partial charge on any atom is 0.317 e. The predicted octanol–water partition coefficient (Wildman–Crippen LogP) is 1.92. The SMILES string of the molecule is CC1COC(c2ccccc2)C(C)N1CC(=O)O. The molecule has 0 amide bonds. The van der Waals surface area contributed by atoms with Crippen LogP contribution in [0.15, 0.2) is 30.3 Å². The van der Waals surface area contributed by atoms with Gasteiger partial charge in [0.05, 0.1) is 19.3 Å². The molecule has 1 saturated heterocycles. The number of morpholine rings is 1. The van der Waals surface area contributed by atoms with E-state index >= 15 is 0 Å². The Labute approximate surface area is 107 Å². The summed E-state index contributed by atoms with van der Waals surface area (Å²) in [5.74, 6) is -0.789. The summed E-state index contributed by atoms with van der Waals surface area (Å²) >= 11 is 0. The highest BCUT2D eigenvalue weighted by atomic mass is 16.5. The first-order chi connectivity index (χ1) is 8.59. The van der Waals surface area contributed by atoms with Gasteiger partial charge in [0, 0.05) is 12.1 Å². The first-order valence-corrected chi connectivity index (χ1v) is 6.23. The summed E-state index contributed by atoms with van der Waals surface area (Å²) in [4.78, 5) is 12.9. The minimum atomic E-state index is -0.789. The number of aliphatic carboxylic acids is 1. The van der Waals surface area contributed by atoms with E-state index in [0.29, 0.717) is 6.61 Å². The van der Waals surface area contributed by atoms with E-state index in [1.165, 1.54) is 0 Å². The highest BCUT2D eigenvalue weighted by Crippen LogP contribution is 2.30. The third kappa shape index (κ3) is 2.71. The minimum absolute atomic E-state index is 0.0539. The zero-order valence-corrected chi connectivity index (χ0v) is 10.7. The summed E-state index contributed by atoms with van der Waals surface area (Å²) in [5.41, 5.74) is 1.10. The lowest BCUT2D eigenvalue weighted by Gasteiger charge is -2.43. The third-order valence-electron chi connectivity index (χ3n) is 3.49. The Morgan fingerprint density at radius 3 is 2.67 bits per heavy atom. The van der Waals surface area contributed by atoms with E-state index in [1.54, 1.807) is 0 Å². The second-order valence-electron chi connectivity index (χ2n) is 4.82. The summed E-state index contributed by atoms with van der Waals surface area (Å²) in [5, 5.41) is 8.98. The van der Waals surface area contributed by atoms with Crippen LogP contribution in [0, 0.1) is 0 Å². The van der Waals surface area contributed by atoms with Gasteiger partial charge < -0.3 is 9.84 Å². The van der Waals surface area contributed by atoms with Gasteiger partial charge >= 0.3 is 5.97 Å². The van der Waals surface area contributed by atoms with Gasteiger partial charge in [-0.3, -0.25) is 9.69 Å². The fourth-order valence-corrected chi connectivity index (χ4v) is 2.53. The molecule has 98 valence electrons. The first kappa shape index (κ1) is 13.1. The second-order valence-corrected chi connectivity index (χ2v) is 4.82. The van der Waals surface area contributed by atoms with Gasteiger partial charge in [0.2, 0.25) is 0 Å². The summed E-state index contributed by atoms with van der Waals surface area (Å²) in [7, 11) is 0. The number of carboxylic acid groups (broad SMARTS) is 1. The molecule has 0 aromatic heterocycles. The van der Waals surface area contributed by atoms with Crippen LogP contribution in [0.3, 0.4) is 0 Å². The van der Waals surface area contributed by atoms with E-state index in [9.17, 15) is 4.79 Å². The molecule has 18 heavy (non-hydrogen) atoms. The number of carboxylic acids is 1. The summed E-state index contributed by atoms with van der Waals surface area (Å²) in [6, 6.07) is 10.2. The molecule has 1 fully saturated rings. The Bertz CT molecular complexity index is 407. The molecule has 1 aromatic rings. The molecular formula is C14H19NO3. The van der Waals surface area contributed by atoms with E-state index in [4.69, 9.17) is 9.84 Å². The van der Waals surface area contributed by atoms with E-state index < -0.39 is 5.97 Å². The van der Waals surface area contributed by atoms with E-state index in [0.717, 1.165) is 5.56 Å². The van der Waals surface area contributed by atoms with E-state index in [1.807, 2.05) is 49.1 Å². The molecule has 0 radical (unpaired) electrons. The van der Waals surface area contributed by atoms with Crippen molar-refractivity contribution in [1.82, 2.24) is 4.90 Å². The maximum atomic E-state index is 10.9. The largest absolute Gasteiger partial charge is 0.480 e. The Hall–Kier alpha value is -1.39. The summed E-state index contributed by atoms with van der Waals surface area (Å²) < 4.78 is 5.87. The number of ether oxygens (including phenoxy) is 1. The number of nitrogens with zero attached hydrogens (tertiary/aromatic N) is 1. The fourth-order valence-electron chi connectivity index (χ4n) is 2.53. The van der Waals surface area contributed by atoms with Gasteiger partial charge in [-0.25, -0.2) is 0 Å². The normalized spacial score (nSPS) is 29.1. The molecular weight excluding hydrogens is 230 g/mol. The van der Waals surface area contributed by atoms with Crippen LogP contribution in [0.1, 0.15) is 25.5 Å². The number of carbonyl (C=O) groups is 1. The zero-order valence-electron chi connectivity index (χ0n) is 10.7. The van der Waals surface area contributed by atoms with Crippen molar-refractivity contribution in [2.24, 2.45) is 0 Å². The zero-order chi connectivity index (χ0) is 13.1. The average molecular weight is 249 g/mol. The smallest absolute Gasteiger partial charge is 0.317 e. The predicted molar refractivity (Wildman–Crippen MR) is 68.4 cm³/mol. The quantitative estimate of drug-likeness (QED) is 0.889. The molecule has 3 unspecified atom stereocenters. The Kier molecular flexibility index (Phi) is 3.99. The van der Waals surface area contributed by atoms with Crippen molar-refractivity contribution < 1.29 is 14.6 Å². The monoisotopic (exact) mass is 249 g/mol. The van der Waals surface area contributed by atoms with Gasteiger partial charge in [0.15, 0.2) is 0 Å². The topological polar surface area (TPSA) is 49.8 Å². The van der Waals surface area contributed by atoms with Crippen molar-refractivity contribution in [2.45, 2.75) is 32.0 Å². The van der Waals surface area contributed by atoms with Crippen molar-refractivity contribution in [1.29, 1.82) is 0 Å².